The van der Waals surface area contributed by atoms with Crippen LogP contribution >= 0.6 is 11.8 Å². The maximum absolute atomic E-state index is 12.2. The fourth-order valence-corrected chi connectivity index (χ4v) is 3.72. The summed E-state index contributed by atoms with van der Waals surface area (Å²) in [5.41, 5.74) is 2.73. The topological polar surface area (TPSA) is 105 Å². The summed E-state index contributed by atoms with van der Waals surface area (Å²) in [4.78, 5) is 16.8. The summed E-state index contributed by atoms with van der Waals surface area (Å²) in [5.74, 6) is 0.774. The third-order valence-electron chi connectivity index (χ3n) is 4.36. The number of rotatable bonds is 7. The van der Waals surface area contributed by atoms with Crippen LogP contribution in [0.2, 0.25) is 0 Å². The fraction of sp³-hybridized carbons (Fsp3) is 0.500. The Balaban J connectivity index is 1.60. The largest absolute Gasteiger partial charge is 0.378 e. The summed E-state index contributed by atoms with van der Waals surface area (Å²) < 4.78 is 11.6. The zero-order valence-corrected chi connectivity index (χ0v) is 16.2. The summed E-state index contributed by atoms with van der Waals surface area (Å²) in [6.45, 7) is 3.25. The Morgan fingerprint density at radius 3 is 3.22 bits per heavy atom. The number of nitriles is 1. The van der Waals surface area contributed by atoms with E-state index in [1.54, 1.807) is 18.0 Å². The molecule has 2 heterocycles. The predicted octanol–water partition coefficient (Wildman–Crippen LogP) is 1.73. The number of carbonyl (C=O) groups is 1. The highest BCUT2D eigenvalue weighted by Crippen LogP contribution is 2.29. The molecule has 0 saturated carbocycles. The van der Waals surface area contributed by atoms with Gasteiger partial charge in [-0.05, 0) is 41.5 Å². The zero-order valence-electron chi connectivity index (χ0n) is 15.4. The summed E-state index contributed by atoms with van der Waals surface area (Å²) >= 11 is 1.26. The number of ether oxygens (including phenoxy) is 1. The highest BCUT2D eigenvalue weighted by molar-refractivity contribution is 8.00. The molecule has 0 saturated heterocycles. The van der Waals surface area contributed by atoms with Crippen LogP contribution in [0.5, 0.6) is 0 Å². The van der Waals surface area contributed by atoms with Crippen molar-refractivity contribution in [3.05, 3.63) is 29.1 Å². The number of anilines is 1. The summed E-state index contributed by atoms with van der Waals surface area (Å²) in [6, 6.07) is 4.12. The van der Waals surface area contributed by atoms with E-state index < -0.39 is 0 Å². The maximum atomic E-state index is 12.2. The van der Waals surface area contributed by atoms with Crippen LogP contribution in [0.3, 0.4) is 0 Å². The van der Waals surface area contributed by atoms with E-state index in [1.807, 2.05) is 6.07 Å². The van der Waals surface area contributed by atoms with E-state index in [-0.39, 0.29) is 17.5 Å². The number of thioether (sulfide) groups is 1. The Hall–Kier alpha value is -2.44. The molecule has 0 radical (unpaired) electrons. The van der Waals surface area contributed by atoms with Gasteiger partial charge in [0.05, 0.1) is 11.3 Å². The minimum atomic E-state index is -0.243. The lowest BCUT2D eigenvalue weighted by Crippen LogP contribution is -2.36. The molecule has 27 heavy (non-hydrogen) atoms. The molecule has 142 valence electrons. The van der Waals surface area contributed by atoms with E-state index in [0.29, 0.717) is 29.7 Å². The maximum Gasteiger partial charge on any atom is 0.302 e. The second-order valence-corrected chi connectivity index (χ2v) is 7.53. The first-order chi connectivity index (χ1) is 13.1. The van der Waals surface area contributed by atoms with Crippen LogP contribution in [0.15, 0.2) is 21.8 Å². The Morgan fingerprint density at radius 2 is 2.44 bits per heavy atom. The molecule has 0 bridgehead atoms. The van der Waals surface area contributed by atoms with Gasteiger partial charge in [0.1, 0.15) is 17.7 Å². The van der Waals surface area contributed by atoms with Crippen LogP contribution in [0.4, 0.5) is 5.88 Å². The van der Waals surface area contributed by atoms with Crippen molar-refractivity contribution in [1.29, 1.82) is 5.26 Å². The van der Waals surface area contributed by atoms with E-state index in [0.717, 1.165) is 30.5 Å². The Kier molecular flexibility index (Phi) is 6.42. The highest BCUT2D eigenvalue weighted by Gasteiger charge is 2.20. The molecule has 9 heteroatoms. The molecule has 0 spiro atoms. The predicted molar refractivity (Wildman–Crippen MR) is 98.1 cm³/mol. The number of nitrogens with zero attached hydrogens (tertiary/aromatic N) is 4. The van der Waals surface area contributed by atoms with Crippen LogP contribution in [0.25, 0.3) is 0 Å². The van der Waals surface area contributed by atoms with Crippen LogP contribution < -0.4 is 10.00 Å². The van der Waals surface area contributed by atoms with Gasteiger partial charge in [-0.1, -0.05) is 18.7 Å². The average molecular weight is 388 g/mol. The molecule has 2 aromatic heterocycles. The van der Waals surface area contributed by atoms with Crippen molar-refractivity contribution in [1.82, 2.24) is 10.3 Å². The fourth-order valence-electron chi connectivity index (χ4n) is 2.95. The Morgan fingerprint density at radius 1 is 1.59 bits per heavy atom. The molecule has 1 N–H and O–H groups in total. The molecule has 1 unspecified atom stereocenters. The third kappa shape index (κ3) is 5.05. The molecule has 0 fully saturated rings. The first-order valence-corrected chi connectivity index (χ1v) is 9.78. The second-order valence-electron chi connectivity index (χ2n) is 6.57. The van der Waals surface area contributed by atoms with E-state index in [4.69, 9.17) is 9.26 Å². The first-order valence-electron chi connectivity index (χ1n) is 8.80. The van der Waals surface area contributed by atoms with Crippen molar-refractivity contribution < 1.29 is 18.7 Å². The molecule has 2 aromatic rings. The number of methoxy groups -OCH3 is 1. The van der Waals surface area contributed by atoms with Gasteiger partial charge in [-0.3, -0.25) is 14.6 Å². The number of amides is 1. The molecular formula is C18H22N5O3S+. The van der Waals surface area contributed by atoms with Crippen LogP contribution in [0.1, 0.15) is 30.2 Å². The van der Waals surface area contributed by atoms with Gasteiger partial charge in [0.15, 0.2) is 0 Å². The highest BCUT2D eigenvalue weighted by atomic mass is 32.2. The summed E-state index contributed by atoms with van der Waals surface area (Å²) in [6.07, 6.45) is 4.57. The van der Waals surface area contributed by atoms with Gasteiger partial charge in [0.25, 0.3) is 6.20 Å². The van der Waals surface area contributed by atoms with Gasteiger partial charge in [-0.15, -0.1) is 0 Å². The van der Waals surface area contributed by atoms with E-state index in [2.05, 4.69) is 28.6 Å². The van der Waals surface area contributed by atoms with Crippen LogP contribution in [-0.2, 0) is 28.9 Å². The first kappa shape index (κ1) is 19.3. The molecule has 8 nitrogen and oxygen atoms in total. The lowest BCUT2D eigenvalue weighted by Gasteiger charge is -2.21. The van der Waals surface area contributed by atoms with E-state index >= 15 is 0 Å². The minimum absolute atomic E-state index is 0.135. The van der Waals surface area contributed by atoms with Gasteiger partial charge >= 0.3 is 5.88 Å². The van der Waals surface area contributed by atoms with Crippen molar-refractivity contribution in [3.63, 3.8) is 0 Å². The molecule has 1 atom stereocenters. The lowest BCUT2D eigenvalue weighted by atomic mass is 9.87. The van der Waals surface area contributed by atoms with Gasteiger partial charge in [0, 0.05) is 12.8 Å². The second kappa shape index (κ2) is 8.97. The van der Waals surface area contributed by atoms with Crippen LogP contribution in [-0.4, -0.2) is 35.6 Å². The van der Waals surface area contributed by atoms with Gasteiger partial charge in [0.2, 0.25) is 17.7 Å². The molecule has 1 aliphatic carbocycles. The molecule has 0 aliphatic heterocycles. The van der Waals surface area contributed by atoms with E-state index in [1.165, 1.54) is 11.8 Å². The Bertz CT molecular complexity index is 861. The number of fused-ring (bicyclic) bond motifs is 1. The Labute approximate surface area is 161 Å². The normalized spacial score (nSPS) is 15.8. The molecule has 1 aliphatic rings. The SMILES string of the molecule is COCC[n+]1cc(NC(=O)CSc2nc3c(cc2C#N)CC(C)CC3)on1. The zero-order chi connectivity index (χ0) is 19.2. The van der Waals surface area contributed by atoms with E-state index in [9.17, 15) is 10.1 Å². The summed E-state index contributed by atoms with van der Waals surface area (Å²) in [7, 11) is 1.60. The van der Waals surface area contributed by atoms with Crippen LogP contribution in [0, 0.1) is 17.2 Å². The molecule has 0 aromatic carbocycles. The smallest absolute Gasteiger partial charge is 0.302 e. The number of hydrogen-bond donors (Lipinski definition) is 1. The molecule has 1 amide bonds. The van der Waals surface area contributed by atoms with Gasteiger partial charge in [-0.25, -0.2) is 4.98 Å². The standard InChI is InChI=1S/C18H21N5O3S/c1-12-3-4-15-13(7-12)8-14(9-19)18(20-15)27-11-16(24)21-17-10-23(22-26-17)5-6-25-2/h8,10,12H,3-7,11H2,1-2H3/p+1. The number of aromatic nitrogens is 3. The van der Waals surface area contributed by atoms with Gasteiger partial charge in [-0.2, -0.15) is 5.26 Å². The number of nitrogens with one attached hydrogen (secondary N) is 1. The van der Waals surface area contributed by atoms with Crippen molar-refractivity contribution in [2.24, 2.45) is 5.92 Å². The monoisotopic (exact) mass is 388 g/mol. The lowest BCUT2D eigenvalue weighted by molar-refractivity contribution is -0.763. The third-order valence-corrected chi connectivity index (χ3v) is 5.35. The minimum Gasteiger partial charge on any atom is -0.378 e. The number of carbonyl (C=O) groups excluding carboxylic acids is 1. The quantitative estimate of drug-likeness (QED) is 0.569. The van der Waals surface area contributed by atoms with Crippen molar-refractivity contribution in [3.8, 4) is 6.07 Å². The summed E-state index contributed by atoms with van der Waals surface area (Å²) in [5, 5.41) is 16.5. The number of hydrogen-bond acceptors (Lipinski definition) is 7. The number of pyridine rings is 1. The van der Waals surface area contributed by atoms with Gasteiger partial charge < -0.3 is 4.74 Å². The molecular weight excluding hydrogens is 366 g/mol. The van der Waals surface area contributed by atoms with Crippen molar-refractivity contribution >= 4 is 23.6 Å². The van der Waals surface area contributed by atoms with Crippen molar-refractivity contribution in [2.75, 3.05) is 24.8 Å². The van der Waals surface area contributed by atoms with Crippen molar-refractivity contribution in [2.45, 2.75) is 37.8 Å². The number of aryl methyl sites for hydroxylation is 1. The average Bonchev–Trinajstić information content (AvgIpc) is 3.11. The molecule has 3 rings (SSSR count).